The number of likely N-dealkylation sites (N-methyl/N-ethyl adjacent to an activating group) is 1. The number of terminal acetylenes is 1. The molecule has 0 radical (unpaired) electrons. The van der Waals surface area contributed by atoms with Crippen molar-refractivity contribution in [2.75, 3.05) is 35.1 Å². The molecule has 0 aliphatic heterocycles. The molecule has 0 saturated carbocycles. The summed E-state index contributed by atoms with van der Waals surface area (Å²) < 4.78 is 28.3. The lowest BCUT2D eigenvalue weighted by Crippen LogP contribution is -2.35. The van der Waals surface area contributed by atoms with Crippen LogP contribution in [0.25, 0.3) is 5.82 Å². The Balaban J connectivity index is 1.78. The number of sulfonamides is 1. The van der Waals surface area contributed by atoms with Crippen LogP contribution in [-0.2, 0) is 10.0 Å². The van der Waals surface area contributed by atoms with Gasteiger partial charge in [-0.25, -0.2) is 27.2 Å². The molecule has 0 unspecified atom stereocenters. The SMILES string of the molecule is C#CC#CC#CC#CC#CC#CC#CC#CC#CNC(=O)N(Sc1nnnn1-c1ccccn1)c1ccc(N(CC)CCNS(C)(=O)=O)cc1C. The fourth-order valence-electron chi connectivity index (χ4n) is 3.65. The molecule has 2 amide bonds. The summed E-state index contributed by atoms with van der Waals surface area (Å²) in [5.74, 6) is 39.8. The highest BCUT2D eigenvalue weighted by molar-refractivity contribution is 8.01. The first-order valence-corrected chi connectivity index (χ1v) is 17.1. The van der Waals surface area contributed by atoms with E-state index in [1.807, 2.05) is 30.9 Å². The first-order chi connectivity index (χ1) is 24.7. The summed E-state index contributed by atoms with van der Waals surface area (Å²) in [7, 11) is -3.32. The van der Waals surface area contributed by atoms with E-state index in [2.05, 4.69) is 131 Å². The van der Waals surface area contributed by atoms with E-state index in [1.54, 1.807) is 30.5 Å². The lowest BCUT2D eigenvalue weighted by molar-refractivity contribution is 0.253. The van der Waals surface area contributed by atoms with Gasteiger partial charge in [-0.3, -0.25) is 5.32 Å². The quantitative estimate of drug-likeness (QED) is 0.183. The Kier molecular flexibility index (Phi) is 15.7. The third kappa shape index (κ3) is 13.8. The smallest absolute Gasteiger partial charge is 0.344 e. The number of hydrogen-bond acceptors (Lipinski definition) is 9. The number of nitrogens with zero attached hydrogens (tertiary/aromatic N) is 7. The first-order valence-electron chi connectivity index (χ1n) is 14.5. The van der Waals surface area contributed by atoms with Gasteiger partial charge in [0.05, 0.1) is 11.9 Å². The predicted octanol–water partition coefficient (Wildman–Crippen LogP) is 1.58. The molecule has 3 aromatic rings. The molecule has 248 valence electrons. The number of aromatic nitrogens is 5. The van der Waals surface area contributed by atoms with Crippen molar-refractivity contribution in [1.82, 2.24) is 35.2 Å². The highest BCUT2D eigenvalue weighted by Crippen LogP contribution is 2.33. The summed E-state index contributed by atoms with van der Waals surface area (Å²) in [6, 6.07) is 12.7. The van der Waals surface area contributed by atoms with E-state index in [9.17, 15) is 13.2 Å². The van der Waals surface area contributed by atoms with Crippen molar-refractivity contribution in [3.8, 4) is 113 Å². The van der Waals surface area contributed by atoms with Crippen molar-refractivity contribution in [3.63, 3.8) is 0 Å². The Labute approximate surface area is 302 Å². The van der Waals surface area contributed by atoms with Crippen LogP contribution in [0.5, 0.6) is 0 Å². The topological polar surface area (TPSA) is 138 Å². The number of nitrogens with one attached hydrogen (secondary N) is 2. The predicted molar refractivity (Wildman–Crippen MR) is 197 cm³/mol. The highest BCUT2D eigenvalue weighted by Gasteiger charge is 2.24. The zero-order valence-electron chi connectivity index (χ0n) is 27.4. The second-order valence-electron chi connectivity index (χ2n) is 9.24. The number of pyridine rings is 1. The van der Waals surface area contributed by atoms with Gasteiger partial charge >= 0.3 is 6.03 Å². The largest absolute Gasteiger partial charge is 0.370 e. The third-order valence-electron chi connectivity index (χ3n) is 5.74. The number of carbonyl (C=O) groups is 1. The van der Waals surface area contributed by atoms with Crippen LogP contribution in [0.4, 0.5) is 16.2 Å². The summed E-state index contributed by atoms with van der Waals surface area (Å²) in [5.41, 5.74) is 2.10. The number of rotatable bonds is 10. The molecule has 0 fully saturated rings. The summed E-state index contributed by atoms with van der Waals surface area (Å²) in [4.78, 5) is 19.8. The number of tetrazole rings is 1. The number of carbonyl (C=O) groups excluding carboxylic acids is 1. The van der Waals surface area contributed by atoms with Crippen molar-refractivity contribution < 1.29 is 13.2 Å². The zero-order chi connectivity index (χ0) is 36.7. The Hall–Kier alpha value is -7.19. The zero-order valence-corrected chi connectivity index (χ0v) is 29.0. The van der Waals surface area contributed by atoms with E-state index in [0.717, 1.165) is 29.5 Å². The lowest BCUT2D eigenvalue weighted by Gasteiger charge is -2.26. The molecule has 0 aliphatic rings. The van der Waals surface area contributed by atoms with Gasteiger partial charge in [-0.2, -0.15) is 4.68 Å². The first kappa shape index (κ1) is 38.3. The number of benzene rings is 1. The molecular formula is C37H25N9O3S2. The molecule has 12 nitrogen and oxygen atoms in total. The average Bonchev–Trinajstić information content (AvgIpc) is 3.59. The standard InChI is InChI=1S/C37H25N9O3S2/c1-5-7-8-9-10-11-12-13-14-15-16-17-18-19-20-22-28-39-36(47)46(50-37-41-42-43-45(37)35-24-21-23-27-38-35)34-26-25-33(31-32(34)3)44(6-2)30-29-40-51(4,48)49/h1,21,23-27,31,40H,6,29-30H2,2-4H3,(H,39,47). The minimum Gasteiger partial charge on any atom is -0.370 e. The van der Waals surface area contributed by atoms with Crippen LogP contribution in [0, 0.1) is 114 Å². The van der Waals surface area contributed by atoms with Crippen molar-refractivity contribution in [2.24, 2.45) is 0 Å². The normalized spacial score (nSPS) is 8.82. The molecule has 0 spiro atoms. The Morgan fingerprint density at radius 1 is 0.922 bits per heavy atom. The Morgan fingerprint density at radius 3 is 2.10 bits per heavy atom. The number of amides is 2. The maximum absolute atomic E-state index is 13.5. The molecule has 2 heterocycles. The summed E-state index contributed by atoms with van der Waals surface area (Å²) in [5, 5.41) is 14.7. The molecule has 0 atom stereocenters. The molecule has 2 N–H and O–H groups in total. The van der Waals surface area contributed by atoms with Crippen LogP contribution in [0.1, 0.15) is 12.5 Å². The van der Waals surface area contributed by atoms with Crippen molar-refractivity contribution in [3.05, 3.63) is 48.2 Å². The van der Waals surface area contributed by atoms with E-state index in [4.69, 9.17) is 6.42 Å². The Bertz CT molecular complexity index is 2430. The van der Waals surface area contributed by atoms with Crippen LogP contribution >= 0.6 is 11.9 Å². The van der Waals surface area contributed by atoms with Gasteiger partial charge in [0, 0.05) is 96.9 Å². The van der Waals surface area contributed by atoms with Crippen LogP contribution in [0.2, 0.25) is 0 Å². The van der Waals surface area contributed by atoms with Gasteiger partial charge in [0.15, 0.2) is 5.82 Å². The van der Waals surface area contributed by atoms with Crippen LogP contribution in [0.3, 0.4) is 0 Å². The molecule has 51 heavy (non-hydrogen) atoms. The average molecular weight is 708 g/mol. The van der Waals surface area contributed by atoms with Gasteiger partial charge < -0.3 is 4.90 Å². The minimum atomic E-state index is -3.32. The summed E-state index contributed by atoms with van der Waals surface area (Å²) in [6.45, 7) is 5.11. The Morgan fingerprint density at radius 2 is 1.55 bits per heavy atom. The summed E-state index contributed by atoms with van der Waals surface area (Å²) >= 11 is 0.957. The van der Waals surface area contributed by atoms with Crippen LogP contribution < -0.4 is 19.2 Å². The maximum atomic E-state index is 13.5. The third-order valence-corrected chi connectivity index (χ3v) is 7.43. The van der Waals surface area contributed by atoms with Crippen LogP contribution in [-0.4, -0.2) is 65.5 Å². The van der Waals surface area contributed by atoms with Gasteiger partial charge in [-0.15, -0.1) is 6.42 Å². The molecule has 14 heteroatoms. The maximum Gasteiger partial charge on any atom is 0.344 e. The number of anilines is 2. The van der Waals surface area contributed by atoms with Gasteiger partial charge in [0.1, 0.15) is 0 Å². The number of aryl methyl sites for hydroxylation is 1. The molecular weight excluding hydrogens is 683 g/mol. The number of urea groups is 1. The fraction of sp³-hybridized carbons (Fsp3) is 0.162. The van der Waals surface area contributed by atoms with Gasteiger partial charge in [-0.05, 0) is 108 Å². The van der Waals surface area contributed by atoms with E-state index in [0.29, 0.717) is 24.6 Å². The second-order valence-corrected chi connectivity index (χ2v) is 12.0. The van der Waals surface area contributed by atoms with Gasteiger partial charge in [0.2, 0.25) is 15.2 Å². The number of hydrogen-bond donors (Lipinski definition) is 2. The highest BCUT2D eigenvalue weighted by atomic mass is 32.2. The second kappa shape index (κ2) is 20.9. The van der Waals surface area contributed by atoms with Crippen molar-refractivity contribution in [2.45, 2.75) is 19.0 Å². The molecule has 0 saturated heterocycles. The van der Waals surface area contributed by atoms with Crippen LogP contribution in [0.15, 0.2) is 47.8 Å². The van der Waals surface area contributed by atoms with E-state index >= 15 is 0 Å². The fourth-order valence-corrected chi connectivity index (χ4v) is 4.99. The van der Waals surface area contributed by atoms with E-state index < -0.39 is 16.1 Å². The molecule has 1 aromatic carbocycles. The molecule has 2 aromatic heterocycles. The molecule has 0 bridgehead atoms. The molecule has 3 rings (SSSR count). The van der Waals surface area contributed by atoms with Gasteiger partial charge in [-0.1, -0.05) is 11.2 Å². The van der Waals surface area contributed by atoms with Crippen molar-refractivity contribution in [1.29, 1.82) is 0 Å². The molecule has 0 aliphatic carbocycles. The van der Waals surface area contributed by atoms with E-state index in [1.165, 1.54) is 8.99 Å². The van der Waals surface area contributed by atoms with Gasteiger partial charge in [0.25, 0.3) is 0 Å². The van der Waals surface area contributed by atoms with Crippen molar-refractivity contribution >= 4 is 39.4 Å². The van der Waals surface area contributed by atoms with E-state index in [-0.39, 0.29) is 11.7 Å². The minimum absolute atomic E-state index is 0.238. The summed E-state index contributed by atoms with van der Waals surface area (Å²) in [6.07, 6.45) is 7.68. The lowest BCUT2D eigenvalue weighted by atomic mass is 10.1. The monoisotopic (exact) mass is 707 g/mol.